The smallest absolute Gasteiger partial charge is 0.308 e. The van der Waals surface area contributed by atoms with Crippen molar-refractivity contribution < 1.29 is 33.6 Å². The van der Waals surface area contributed by atoms with Gasteiger partial charge in [-0.15, -0.1) is 0 Å². The number of unbranched alkanes of at least 4 members (excludes halogenated alkanes) is 1. The first kappa shape index (κ1) is 27.6. The van der Waals surface area contributed by atoms with Crippen LogP contribution in [0.5, 0.6) is 11.5 Å². The van der Waals surface area contributed by atoms with Crippen LogP contribution in [0.15, 0.2) is 18.2 Å². The fourth-order valence-corrected chi connectivity index (χ4v) is 5.81. The van der Waals surface area contributed by atoms with Gasteiger partial charge in [0.05, 0.1) is 25.7 Å². The Morgan fingerprint density at radius 3 is 2.57 bits per heavy atom. The molecule has 10 heteroatoms. The molecule has 37 heavy (non-hydrogen) atoms. The largest absolute Gasteiger partial charge is 0.481 e. The van der Waals surface area contributed by atoms with Gasteiger partial charge in [-0.05, 0) is 30.5 Å². The van der Waals surface area contributed by atoms with Crippen LogP contribution >= 0.6 is 0 Å². The first-order valence-corrected chi connectivity index (χ1v) is 13.3. The fraction of sp³-hybridized carbons (Fsp3) is 0.704. The molecule has 10 nitrogen and oxygen atoms in total. The summed E-state index contributed by atoms with van der Waals surface area (Å²) in [6.07, 6.45) is 1.97. The lowest BCUT2D eigenvalue weighted by Gasteiger charge is -2.37. The van der Waals surface area contributed by atoms with E-state index in [0.29, 0.717) is 57.3 Å². The topological polar surface area (TPSA) is 124 Å². The highest BCUT2D eigenvalue weighted by Gasteiger charge is 2.50. The number of carboxylic acid groups (broad SMARTS) is 1. The number of aliphatic carboxylic acids is 1. The minimum Gasteiger partial charge on any atom is -0.481 e. The summed E-state index contributed by atoms with van der Waals surface area (Å²) in [4.78, 5) is 30.1. The molecular formula is C27H41N3O7. The number of nitrogens with zero attached hydrogens (tertiary/aromatic N) is 2. The number of rotatable bonds is 12. The Hall–Kier alpha value is -2.40. The van der Waals surface area contributed by atoms with Crippen LogP contribution in [0.3, 0.4) is 0 Å². The van der Waals surface area contributed by atoms with Crippen LogP contribution in [0.4, 0.5) is 0 Å². The van der Waals surface area contributed by atoms with E-state index < -0.39 is 23.6 Å². The van der Waals surface area contributed by atoms with E-state index in [9.17, 15) is 14.7 Å². The van der Waals surface area contributed by atoms with Gasteiger partial charge in [-0.3, -0.25) is 14.5 Å². The zero-order chi connectivity index (χ0) is 26.6. The Labute approximate surface area is 219 Å². The van der Waals surface area contributed by atoms with E-state index in [1.54, 1.807) is 4.90 Å². The second-order valence-corrected chi connectivity index (χ2v) is 10.9. The van der Waals surface area contributed by atoms with Crippen molar-refractivity contribution >= 4 is 11.9 Å². The molecule has 3 heterocycles. The number of ether oxygens (including phenoxy) is 4. The van der Waals surface area contributed by atoms with E-state index in [0.717, 1.165) is 18.4 Å². The average Bonchev–Trinajstić information content (AvgIpc) is 3.61. The van der Waals surface area contributed by atoms with Crippen LogP contribution in [-0.2, 0) is 19.1 Å². The quantitative estimate of drug-likeness (QED) is 0.428. The SMILES string of the molecule is CCCCN(CCN)C(=O)CN1CC(c2ccc3c(c2)OCO3)C(C(=O)O)C1CC(C)(C)C1OCCO1. The second-order valence-electron chi connectivity index (χ2n) is 10.9. The predicted molar refractivity (Wildman–Crippen MR) is 136 cm³/mol. The van der Waals surface area contributed by atoms with Crippen molar-refractivity contribution in [3.05, 3.63) is 23.8 Å². The van der Waals surface area contributed by atoms with E-state index in [2.05, 4.69) is 6.92 Å². The van der Waals surface area contributed by atoms with Crippen molar-refractivity contribution in [1.82, 2.24) is 9.80 Å². The van der Waals surface area contributed by atoms with Gasteiger partial charge in [0, 0.05) is 43.6 Å². The van der Waals surface area contributed by atoms with Gasteiger partial charge in [0.15, 0.2) is 17.8 Å². The third kappa shape index (κ3) is 6.19. The molecule has 2 saturated heterocycles. The highest BCUT2D eigenvalue weighted by atomic mass is 16.7. The maximum absolute atomic E-state index is 13.4. The summed E-state index contributed by atoms with van der Waals surface area (Å²) < 4.78 is 22.6. The normalized spacial score (nSPS) is 24.1. The highest BCUT2D eigenvalue weighted by molar-refractivity contribution is 5.79. The van der Waals surface area contributed by atoms with Crippen LogP contribution in [0.1, 0.15) is 51.5 Å². The molecule has 3 aliphatic rings. The third-order valence-electron chi connectivity index (χ3n) is 7.72. The zero-order valence-corrected chi connectivity index (χ0v) is 22.2. The Morgan fingerprint density at radius 1 is 1.16 bits per heavy atom. The Kier molecular flexibility index (Phi) is 8.94. The first-order valence-electron chi connectivity index (χ1n) is 13.3. The lowest BCUT2D eigenvalue weighted by Crippen LogP contribution is -2.48. The van der Waals surface area contributed by atoms with Gasteiger partial charge in [0.1, 0.15) is 0 Å². The number of amides is 1. The highest BCUT2D eigenvalue weighted by Crippen LogP contribution is 2.46. The van der Waals surface area contributed by atoms with Crippen LogP contribution < -0.4 is 15.2 Å². The summed E-state index contributed by atoms with van der Waals surface area (Å²) in [5, 5.41) is 10.5. The van der Waals surface area contributed by atoms with E-state index in [-0.39, 0.29) is 31.2 Å². The molecule has 206 valence electrons. The number of carboxylic acids is 1. The monoisotopic (exact) mass is 519 g/mol. The first-order chi connectivity index (χ1) is 17.7. The van der Waals surface area contributed by atoms with Crippen molar-refractivity contribution in [2.75, 3.05) is 52.7 Å². The standard InChI is InChI=1S/C27H41N3O7/c1-4-5-9-29(10-8-28)23(31)16-30-15-19(18-6-7-21-22(13-18)37-17-36-21)24(25(32)33)20(30)14-27(2,3)26-34-11-12-35-26/h6-7,13,19-20,24,26H,4-5,8-12,14-17,28H2,1-3H3,(H,32,33). The lowest BCUT2D eigenvalue weighted by atomic mass is 9.77. The van der Waals surface area contributed by atoms with Gasteiger partial charge in [-0.25, -0.2) is 0 Å². The molecular weight excluding hydrogens is 478 g/mol. The van der Waals surface area contributed by atoms with Gasteiger partial charge in [0.2, 0.25) is 12.7 Å². The number of fused-ring (bicyclic) bond motifs is 1. The summed E-state index contributed by atoms with van der Waals surface area (Å²) in [7, 11) is 0. The summed E-state index contributed by atoms with van der Waals surface area (Å²) in [5.41, 5.74) is 6.22. The van der Waals surface area contributed by atoms with E-state index >= 15 is 0 Å². The molecule has 3 aliphatic heterocycles. The van der Waals surface area contributed by atoms with Crippen molar-refractivity contribution in [3.8, 4) is 11.5 Å². The minimum atomic E-state index is -0.878. The molecule has 3 N–H and O–H groups in total. The Morgan fingerprint density at radius 2 is 1.89 bits per heavy atom. The Balaban J connectivity index is 1.63. The van der Waals surface area contributed by atoms with E-state index in [1.807, 2.05) is 36.9 Å². The van der Waals surface area contributed by atoms with Crippen LogP contribution in [0.2, 0.25) is 0 Å². The predicted octanol–water partition coefficient (Wildman–Crippen LogP) is 2.26. The van der Waals surface area contributed by atoms with Crippen LogP contribution in [0, 0.1) is 11.3 Å². The number of carbonyl (C=O) groups is 2. The van der Waals surface area contributed by atoms with Gasteiger partial charge in [-0.2, -0.15) is 0 Å². The number of nitrogens with two attached hydrogens (primary N) is 1. The molecule has 3 unspecified atom stereocenters. The van der Waals surface area contributed by atoms with Gasteiger partial charge < -0.3 is 34.7 Å². The summed E-state index contributed by atoms with van der Waals surface area (Å²) in [6.45, 7) is 9.47. The van der Waals surface area contributed by atoms with Crippen LogP contribution in [0.25, 0.3) is 0 Å². The van der Waals surface area contributed by atoms with E-state index in [1.165, 1.54) is 0 Å². The minimum absolute atomic E-state index is 0.0226. The molecule has 1 aromatic carbocycles. The molecule has 0 aromatic heterocycles. The zero-order valence-electron chi connectivity index (χ0n) is 22.2. The maximum atomic E-state index is 13.4. The van der Waals surface area contributed by atoms with Crippen molar-refractivity contribution in [3.63, 3.8) is 0 Å². The number of hydrogen-bond acceptors (Lipinski definition) is 8. The molecule has 1 aromatic rings. The van der Waals surface area contributed by atoms with Gasteiger partial charge in [0.25, 0.3) is 0 Å². The molecule has 0 aliphatic carbocycles. The van der Waals surface area contributed by atoms with Gasteiger partial charge in [-0.1, -0.05) is 33.3 Å². The molecule has 0 radical (unpaired) electrons. The van der Waals surface area contributed by atoms with E-state index in [4.69, 9.17) is 24.7 Å². The molecule has 1 amide bonds. The molecule has 2 fully saturated rings. The molecule has 0 bridgehead atoms. The van der Waals surface area contributed by atoms with Gasteiger partial charge >= 0.3 is 5.97 Å². The summed E-state index contributed by atoms with van der Waals surface area (Å²) >= 11 is 0. The van der Waals surface area contributed by atoms with Crippen molar-refractivity contribution in [1.29, 1.82) is 0 Å². The number of hydrogen-bond donors (Lipinski definition) is 2. The second kappa shape index (κ2) is 12.0. The Bertz CT molecular complexity index is 950. The molecule has 4 rings (SSSR count). The summed E-state index contributed by atoms with van der Waals surface area (Å²) in [6, 6.07) is 5.23. The summed E-state index contributed by atoms with van der Waals surface area (Å²) in [5.74, 6) is -0.657. The number of benzene rings is 1. The lowest BCUT2D eigenvalue weighted by molar-refractivity contribution is -0.148. The third-order valence-corrected chi connectivity index (χ3v) is 7.72. The number of carbonyl (C=O) groups excluding carboxylic acids is 1. The number of likely N-dealkylation sites (tertiary alicyclic amines) is 1. The van der Waals surface area contributed by atoms with Crippen molar-refractivity contribution in [2.45, 2.75) is 58.3 Å². The molecule has 0 saturated carbocycles. The average molecular weight is 520 g/mol. The molecule has 3 atom stereocenters. The van der Waals surface area contributed by atoms with Crippen LogP contribution in [-0.4, -0.2) is 91.8 Å². The molecule has 0 spiro atoms. The maximum Gasteiger partial charge on any atom is 0.308 e. The van der Waals surface area contributed by atoms with Crippen molar-refractivity contribution in [2.24, 2.45) is 17.1 Å². The fourth-order valence-electron chi connectivity index (χ4n) is 5.81.